The first-order valence-corrected chi connectivity index (χ1v) is 9.85. The molecule has 5 nitrogen and oxygen atoms in total. The van der Waals surface area contributed by atoms with Crippen LogP contribution in [-0.4, -0.2) is 59.5 Å². The van der Waals surface area contributed by atoms with Crippen LogP contribution in [0.1, 0.15) is 36.7 Å². The third-order valence-corrected chi connectivity index (χ3v) is 5.24. The van der Waals surface area contributed by atoms with Crippen LogP contribution in [0.25, 0.3) is 0 Å². The van der Waals surface area contributed by atoms with Crippen molar-refractivity contribution in [2.75, 3.05) is 37.6 Å². The van der Waals surface area contributed by atoms with Crippen LogP contribution in [0.4, 0.5) is 5.69 Å². The molecule has 5 heteroatoms. The lowest BCUT2D eigenvalue weighted by molar-refractivity contribution is 0.0690. The van der Waals surface area contributed by atoms with Gasteiger partial charge in [-0.1, -0.05) is 37.3 Å². The molecule has 1 fully saturated rings. The lowest BCUT2D eigenvalue weighted by Gasteiger charge is -2.35. The fraction of sp³-hybridized carbons (Fsp3) is 0.455. The SMILES string of the molecule is CCN1CCN(c2cncc(C(=O)N(Cc3ccccc3)C(C)C)c2)CC1. The molecule has 0 N–H and O–H groups in total. The van der Waals surface area contributed by atoms with Gasteiger partial charge >= 0.3 is 0 Å². The molecule has 3 rings (SSSR count). The molecule has 0 spiro atoms. The summed E-state index contributed by atoms with van der Waals surface area (Å²) in [7, 11) is 0. The van der Waals surface area contributed by atoms with Crippen molar-refractivity contribution >= 4 is 11.6 Å². The first-order chi connectivity index (χ1) is 13.1. The minimum absolute atomic E-state index is 0.0374. The average Bonchev–Trinajstić information content (AvgIpc) is 2.72. The molecule has 144 valence electrons. The molecule has 0 radical (unpaired) electrons. The van der Waals surface area contributed by atoms with Gasteiger partial charge in [0.25, 0.3) is 5.91 Å². The maximum Gasteiger partial charge on any atom is 0.256 e. The van der Waals surface area contributed by atoms with Gasteiger partial charge < -0.3 is 14.7 Å². The Bertz CT molecular complexity index is 739. The van der Waals surface area contributed by atoms with Crippen LogP contribution < -0.4 is 4.90 Å². The maximum absolute atomic E-state index is 13.2. The predicted molar refractivity (Wildman–Crippen MR) is 110 cm³/mol. The molecule has 0 aliphatic carbocycles. The van der Waals surface area contributed by atoms with Crippen molar-refractivity contribution in [3.05, 3.63) is 59.9 Å². The summed E-state index contributed by atoms with van der Waals surface area (Å²) >= 11 is 0. The van der Waals surface area contributed by atoms with E-state index in [9.17, 15) is 4.79 Å². The molecule has 1 saturated heterocycles. The van der Waals surface area contributed by atoms with Crippen molar-refractivity contribution < 1.29 is 4.79 Å². The van der Waals surface area contributed by atoms with Crippen molar-refractivity contribution in [1.29, 1.82) is 0 Å². The van der Waals surface area contributed by atoms with Gasteiger partial charge in [0, 0.05) is 45.0 Å². The molecule has 1 aromatic carbocycles. The van der Waals surface area contributed by atoms with E-state index in [1.165, 1.54) is 0 Å². The van der Waals surface area contributed by atoms with E-state index in [-0.39, 0.29) is 11.9 Å². The van der Waals surface area contributed by atoms with E-state index >= 15 is 0 Å². The summed E-state index contributed by atoms with van der Waals surface area (Å²) in [5.74, 6) is 0.0374. The van der Waals surface area contributed by atoms with E-state index in [0.29, 0.717) is 12.1 Å². The normalized spacial score (nSPS) is 15.2. The Morgan fingerprint density at radius 3 is 2.44 bits per heavy atom. The minimum atomic E-state index is 0.0374. The molecule has 27 heavy (non-hydrogen) atoms. The number of benzene rings is 1. The van der Waals surface area contributed by atoms with Gasteiger partial charge in [-0.3, -0.25) is 9.78 Å². The number of anilines is 1. The highest BCUT2D eigenvalue weighted by Crippen LogP contribution is 2.19. The summed E-state index contributed by atoms with van der Waals surface area (Å²) in [5.41, 5.74) is 2.84. The number of aromatic nitrogens is 1. The first-order valence-electron chi connectivity index (χ1n) is 9.85. The number of carbonyl (C=O) groups excluding carboxylic acids is 1. The second kappa shape index (κ2) is 9.00. The maximum atomic E-state index is 13.2. The van der Waals surface area contributed by atoms with Crippen LogP contribution in [0.15, 0.2) is 48.8 Å². The van der Waals surface area contributed by atoms with Gasteiger partial charge in [0.2, 0.25) is 0 Å². The molecular weight excluding hydrogens is 336 g/mol. The van der Waals surface area contributed by atoms with Crippen LogP contribution >= 0.6 is 0 Å². The smallest absolute Gasteiger partial charge is 0.256 e. The summed E-state index contributed by atoms with van der Waals surface area (Å²) < 4.78 is 0. The molecule has 0 bridgehead atoms. The van der Waals surface area contributed by atoms with Crippen molar-refractivity contribution in [3.8, 4) is 0 Å². The van der Waals surface area contributed by atoms with Gasteiger partial charge in [0.05, 0.1) is 17.4 Å². The van der Waals surface area contributed by atoms with Crippen LogP contribution in [0.2, 0.25) is 0 Å². The highest BCUT2D eigenvalue weighted by Gasteiger charge is 2.22. The van der Waals surface area contributed by atoms with Crippen molar-refractivity contribution in [2.45, 2.75) is 33.4 Å². The minimum Gasteiger partial charge on any atom is -0.368 e. The van der Waals surface area contributed by atoms with Gasteiger partial charge in [-0.15, -0.1) is 0 Å². The van der Waals surface area contributed by atoms with E-state index in [4.69, 9.17) is 0 Å². The van der Waals surface area contributed by atoms with Gasteiger partial charge in [0.1, 0.15) is 0 Å². The van der Waals surface area contributed by atoms with E-state index in [0.717, 1.165) is 44.0 Å². The van der Waals surface area contributed by atoms with Crippen LogP contribution in [0, 0.1) is 0 Å². The lowest BCUT2D eigenvalue weighted by atomic mass is 10.1. The molecule has 1 aromatic heterocycles. The molecular formula is C22H30N4O. The van der Waals surface area contributed by atoms with Gasteiger partial charge in [0.15, 0.2) is 0 Å². The van der Waals surface area contributed by atoms with Gasteiger partial charge in [-0.25, -0.2) is 0 Å². The van der Waals surface area contributed by atoms with E-state index in [1.54, 1.807) is 6.20 Å². The second-order valence-corrected chi connectivity index (χ2v) is 7.37. The molecule has 2 heterocycles. The molecule has 2 aromatic rings. The zero-order valence-corrected chi connectivity index (χ0v) is 16.6. The number of amides is 1. The average molecular weight is 367 g/mol. The molecule has 1 aliphatic rings. The van der Waals surface area contributed by atoms with Crippen LogP contribution in [0.3, 0.4) is 0 Å². The highest BCUT2D eigenvalue weighted by molar-refractivity contribution is 5.95. The fourth-order valence-corrected chi connectivity index (χ4v) is 3.47. The number of hydrogen-bond acceptors (Lipinski definition) is 4. The quantitative estimate of drug-likeness (QED) is 0.787. The van der Waals surface area contributed by atoms with E-state index in [1.807, 2.05) is 35.4 Å². The topological polar surface area (TPSA) is 39.7 Å². The molecule has 0 atom stereocenters. The third-order valence-electron chi connectivity index (χ3n) is 5.24. The Kier molecular flexibility index (Phi) is 6.45. The largest absolute Gasteiger partial charge is 0.368 e. The summed E-state index contributed by atoms with van der Waals surface area (Å²) in [5, 5.41) is 0. The van der Waals surface area contributed by atoms with E-state index < -0.39 is 0 Å². The molecule has 1 amide bonds. The van der Waals surface area contributed by atoms with Gasteiger partial charge in [-0.2, -0.15) is 0 Å². The zero-order valence-electron chi connectivity index (χ0n) is 16.6. The Morgan fingerprint density at radius 1 is 1.11 bits per heavy atom. The number of carbonyl (C=O) groups is 1. The predicted octanol–water partition coefficient (Wildman–Crippen LogP) is 3.27. The fourth-order valence-electron chi connectivity index (χ4n) is 3.47. The van der Waals surface area contributed by atoms with Crippen molar-refractivity contribution in [3.63, 3.8) is 0 Å². The number of hydrogen-bond donors (Lipinski definition) is 0. The summed E-state index contributed by atoms with van der Waals surface area (Å²) in [6.07, 6.45) is 3.56. The van der Waals surface area contributed by atoms with Crippen LogP contribution in [-0.2, 0) is 6.54 Å². The molecule has 1 aliphatic heterocycles. The van der Waals surface area contributed by atoms with Crippen molar-refractivity contribution in [1.82, 2.24) is 14.8 Å². The Labute approximate surface area is 162 Å². The standard InChI is InChI=1S/C22H30N4O/c1-4-24-10-12-25(13-11-24)21-14-20(15-23-16-21)22(27)26(18(2)3)17-19-8-6-5-7-9-19/h5-9,14-16,18H,4,10-13,17H2,1-3H3. The van der Waals surface area contributed by atoms with E-state index in [2.05, 4.69) is 47.7 Å². The number of likely N-dealkylation sites (N-methyl/N-ethyl adjacent to an activating group) is 1. The van der Waals surface area contributed by atoms with Crippen molar-refractivity contribution in [2.24, 2.45) is 0 Å². The first kappa shape index (κ1) is 19.4. The zero-order chi connectivity index (χ0) is 19.2. The summed E-state index contributed by atoms with van der Waals surface area (Å²) in [6.45, 7) is 12.1. The van der Waals surface area contributed by atoms with Gasteiger partial charge in [-0.05, 0) is 32.0 Å². The highest BCUT2D eigenvalue weighted by atomic mass is 16.2. The molecule has 0 saturated carbocycles. The monoisotopic (exact) mass is 366 g/mol. The number of piperazine rings is 1. The molecule has 0 unspecified atom stereocenters. The summed E-state index contributed by atoms with van der Waals surface area (Å²) in [6, 6.07) is 12.3. The second-order valence-electron chi connectivity index (χ2n) is 7.37. The Hall–Kier alpha value is -2.40. The number of pyridine rings is 1. The summed E-state index contributed by atoms with van der Waals surface area (Å²) in [4.78, 5) is 24.2. The lowest BCUT2D eigenvalue weighted by Crippen LogP contribution is -2.46. The number of rotatable bonds is 6. The third kappa shape index (κ3) is 4.86. The Balaban J connectivity index is 1.75. The number of nitrogens with zero attached hydrogens (tertiary/aromatic N) is 4. The Morgan fingerprint density at radius 2 is 1.81 bits per heavy atom. The van der Waals surface area contributed by atoms with Crippen LogP contribution in [0.5, 0.6) is 0 Å².